The molecule has 14 heteroatoms. The molecule has 0 saturated heterocycles. The summed E-state index contributed by atoms with van der Waals surface area (Å²) < 4.78 is 28.2. The molecule has 1 aromatic carbocycles. The summed E-state index contributed by atoms with van der Waals surface area (Å²) in [7, 11) is 1.42. The van der Waals surface area contributed by atoms with E-state index in [2.05, 4.69) is 15.5 Å². The van der Waals surface area contributed by atoms with Crippen LogP contribution in [-0.2, 0) is 26.4 Å². The van der Waals surface area contributed by atoms with Crippen LogP contribution in [0.2, 0.25) is 0 Å². The monoisotopic (exact) mass is 600 g/mol. The van der Waals surface area contributed by atoms with E-state index in [1.165, 1.54) is 60.9 Å². The standard InChI is InChI=1S/C28H33FN6O6S/c1-16(2)32-26(38)28(4,5)34-23(37)22-17(3)24(35-30-10-11-31-35)42-25(22)33(27(34)39)15-21(41-13-7-12-36)19-14-18(29)8-9-20(19)40-6/h8-12,14,16,21H,7,13,15H2,1-6H3,(H,32,38)/t21-/m0/s1. The van der Waals surface area contributed by atoms with Gasteiger partial charge in [-0.15, -0.1) is 4.80 Å². The van der Waals surface area contributed by atoms with Crippen molar-refractivity contribution in [3.63, 3.8) is 0 Å². The number of hydrogen-bond donors (Lipinski definition) is 1. The molecule has 1 amide bonds. The molecule has 0 saturated carbocycles. The summed E-state index contributed by atoms with van der Waals surface area (Å²) >= 11 is 1.12. The van der Waals surface area contributed by atoms with Gasteiger partial charge in [0.25, 0.3) is 5.56 Å². The number of aryl methyl sites for hydroxylation is 1. The summed E-state index contributed by atoms with van der Waals surface area (Å²) in [6.45, 7) is 8.05. The molecule has 0 aliphatic heterocycles. The molecule has 0 spiro atoms. The van der Waals surface area contributed by atoms with E-state index >= 15 is 0 Å². The maximum atomic E-state index is 14.4. The Morgan fingerprint density at radius 2 is 1.90 bits per heavy atom. The van der Waals surface area contributed by atoms with Crippen molar-refractivity contribution in [1.29, 1.82) is 0 Å². The number of methoxy groups -OCH3 is 1. The number of hydrogen-bond acceptors (Lipinski definition) is 9. The second kappa shape index (κ2) is 12.4. The van der Waals surface area contributed by atoms with Gasteiger partial charge in [0, 0.05) is 23.6 Å². The van der Waals surface area contributed by atoms with Crippen LogP contribution in [0.3, 0.4) is 0 Å². The number of halogens is 1. The number of carbonyl (C=O) groups is 2. The van der Waals surface area contributed by atoms with E-state index in [0.29, 0.717) is 33.0 Å². The van der Waals surface area contributed by atoms with Gasteiger partial charge in [0.1, 0.15) is 39.3 Å². The van der Waals surface area contributed by atoms with Crippen molar-refractivity contribution in [2.24, 2.45) is 0 Å². The van der Waals surface area contributed by atoms with Crippen LogP contribution in [0.25, 0.3) is 15.2 Å². The van der Waals surface area contributed by atoms with Crippen LogP contribution in [0.5, 0.6) is 5.75 Å². The Morgan fingerprint density at radius 3 is 2.52 bits per heavy atom. The molecule has 224 valence electrons. The second-order valence-corrected chi connectivity index (χ2v) is 11.4. The van der Waals surface area contributed by atoms with Gasteiger partial charge >= 0.3 is 5.69 Å². The first kappa shape index (κ1) is 30.8. The lowest BCUT2D eigenvalue weighted by atomic mass is 10.0. The molecule has 0 fully saturated rings. The van der Waals surface area contributed by atoms with Gasteiger partial charge in [0.2, 0.25) is 5.91 Å². The number of ether oxygens (including phenoxy) is 2. The van der Waals surface area contributed by atoms with Gasteiger partial charge < -0.3 is 19.6 Å². The Morgan fingerprint density at radius 1 is 1.21 bits per heavy atom. The molecule has 42 heavy (non-hydrogen) atoms. The van der Waals surface area contributed by atoms with Crippen LogP contribution in [-0.4, -0.2) is 56.1 Å². The lowest BCUT2D eigenvalue weighted by molar-refractivity contribution is -0.129. The minimum Gasteiger partial charge on any atom is -0.496 e. The molecule has 0 unspecified atom stereocenters. The summed E-state index contributed by atoms with van der Waals surface area (Å²) in [5, 5.41) is 11.9. The number of carbonyl (C=O) groups excluding carboxylic acids is 2. The van der Waals surface area contributed by atoms with Gasteiger partial charge in [-0.1, -0.05) is 11.3 Å². The van der Waals surface area contributed by atoms with Crippen molar-refractivity contribution in [2.75, 3.05) is 13.7 Å². The number of nitrogens with zero attached hydrogens (tertiary/aromatic N) is 5. The third-order valence-corrected chi connectivity index (χ3v) is 8.04. The molecule has 0 radical (unpaired) electrons. The average molecular weight is 601 g/mol. The highest BCUT2D eigenvalue weighted by molar-refractivity contribution is 7.21. The number of fused-ring (bicyclic) bond motifs is 1. The maximum absolute atomic E-state index is 14.4. The minimum absolute atomic E-state index is 0.0143. The van der Waals surface area contributed by atoms with Crippen LogP contribution >= 0.6 is 11.3 Å². The van der Waals surface area contributed by atoms with Crippen LogP contribution in [0.4, 0.5) is 4.39 Å². The van der Waals surface area contributed by atoms with Crippen molar-refractivity contribution in [1.82, 2.24) is 29.4 Å². The van der Waals surface area contributed by atoms with Crippen LogP contribution in [0.15, 0.2) is 40.2 Å². The largest absolute Gasteiger partial charge is 0.496 e. The quantitative estimate of drug-likeness (QED) is 0.194. The highest BCUT2D eigenvalue weighted by Gasteiger charge is 2.36. The zero-order valence-corrected chi connectivity index (χ0v) is 25.0. The fourth-order valence-electron chi connectivity index (χ4n) is 4.66. The lowest BCUT2D eigenvalue weighted by Crippen LogP contribution is -2.56. The van der Waals surface area contributed by atoms with Gasteiger partial charge in [0.05, 0.1) is 38.0 Å². The van der Waals surface area contributed by atoms with E-state index in [1.54, 1.807) is 20.8 Å². The van der Waals surface area contributed by atoms with Crippen LogP contribution in [0.1, 0.15) is 51.3 Å². The summed E-state index contributed by atoms with van der Waals surface area (Å²) in [6, 6.07) is 3.67. The zero-order chi connectivity index (χ0) is 30.8. The molecule has 1 N–H and O–H groups in total. The van der Waals surface area contributed by atoms with Gasteiger partial charge in [-0.05, 0) is 52.8 Å². The highest BCUT2D eigenvalue weighted by Crippen LogP contribution is 2.34. The zero-order valence-electron chi connectivity index (χ0n) is 24.2. The maximum Gasteiger partial charge on any atom is 0.333 e. The minimum atomic E-state index is -1.59. The lowest BCUT2D eigenvalue weighted by Gasteiger charge is -2.28. The van der Waals surface area contributed by atoms with E-state index in [0.717, 1.165) is 15.9 Å². The van der Waals surface area contributed by atoms with Crippen molar-refractivity contribution in [3.8, 4) is 10.8 Å². The molecule has 4 rings (SSSR count). The Kier molecular flexibility index (Phi) is 9.06. The van der Waals surface area contributed by atoms with Crippen molar-refractivity contribution in [3.05, 3.63) is 68.4 Å². The fraction of sp³-hybridized carbons (Fsp3) is 0.429. The first-order valence-corrected chi connectivity index (χ1v) is 14.1. The predicted octanol–water partition coefficient (Wildman–Crippen LogP) is 2.87. The van der Waals surface area contributed by atoms with Crippen LogP contribution < -0.4 is 21.3 Å². The predicted molar refractivity (Wildman–Crippen MR) is 155 cm³/mol. The molecule has 0 bridgehead atoms. The number of nitrogens with one attached hydrogen (secondary N) is 1. The molecular formula is C28H33FN6O6S. The van der Waals surface area contributed by atoms with Crippen LogP contribution in [0, 0.1) is 12.7 Å². The van der Waals surface area contributed by atoms with Gasteiger partial charge in [-0.2, -0.15) is 10.2 Å². The smallest absolute Gasteiger partial charge is 0.333 e. The first-order valence-electron chi connectivity index (χ1n) is 13.3. The van der Waals surface area contributed by atoms with Gasteiger partial charge in [0.15, 0.2) is 0 Å². The summed E-state index contributed by atoms with van der Waals surface area (Å²) in [4.78, 5) is 54.3. The number of aromatic nitrogens is 5. The highest BCUT2D eigenvalue weighted by atomic mass is 32.1. The molecule has 3 heterocycles. The molecule has 1 atom stereocenters. The number of benzene rings is 1. The van der Waals surface area contributed by atoms with E-state index in [9.17, 15) is 23.6 Å². The Hall–Kier alpha value is -4.17. The normalized spacial score (nSPS) is 12.6. The molecule has 12 nitrogen and oxygen atoms in total. The SMILES string of the molecule is COc1ccc(F)cc1[C@H](Cn1c(=O)n(C(C)(C)C(=O)NC(C)C)c(=O)c2c(C)c(-n3nccn3)sc21)OCCC=O. The summed E-state index contributed by atoms with van der Waals surface area (Å²) in [5.41, 5.74) is -2.18. The Labute approximate surface area is 244 Å². The number of aldehydes is 1. The van der Waals surface area contributed by atoms with Crippen molar-refractivity contribution >= 4 is 33.7 Å². The third-order valence-electron chi connectivity index (χ3n) is 6.76. The number of rotatable bonds is 12. The molecule has 3 aromatic heterocycles. The van der Waals surface area contributed by atoms with E-state index in [1.807, 2.05) is 0 Å². The van der Waals surface area contributed by atoms with Gasteiger partial charge in [-0.3, -0.25) is 14.2 Å². The number of thiophene rings is 1. The fourth-order valence-corrected chi connectivity index (χ4v) is 5.88. The van der Waals surface area contributed by atoms with Gasteiger partial charge in [-0.25, -0.2) is 13.8 Å². The summed E-state index contributed by atoms with van der Waals surface area (Å²) in [5.74, 6) is -0.761. The molecule has 0 aliphatic rings. The van der Waals surface area contributed by atoms with E-state index in [4.69, 9.17) is 9.47 Å². The van der Waals surface area contributed by atoms with Crippen molar-refractivity contribution in [2.45, 2.75) is 65.3 Å². The average Bonchev–Trinajstić information content (AvgIpc) is 3.58. The first-order chi connectivity index (χ1) is 19.9. The Bertz CT molecular complexity index is 1720. The Balaban J connectivity index is 2.03. The molecule has 4 aromatic rings. The molecule has 0 aliphatic carbocycles. The van der Waals surface area contributed by atoms with Crippen molar-refractivity contribution < 1.29 is 23.5 Å². The molecular weight excluding hydrogens is 567 g/mol. The second-order valence-electron chi connectivity index (χ2n) is 10.5. The topological polar surface area (TPSA) is 139 Å². The third kappa shape index (κ3) is 5.77. The van der Waals surface area contributed by atoms with E-state index in [-0.39, 0.29) is 31.0 Å². The van der Waals surface area contributed by atoms with E-state index < -0.39 is 34.6 Å². The summed E-state index contributed by atoms with van der Waals surface area (Å²) in [6.07, 6.45) is 2.76. The number of amides is 1.